The molecular formula is C24H23Cl2N3OS. The lowest BCUT2D eigenvalue weighted by atomic mass is 9.92. The number of furan rings is 1. The van der Waals surface area contributed by atoms with Crippen LogP contribution in [0.2, 0.25) is 10.0 Å². The predicted octanol–water partition coefficient (Wildman–Crippen LogP) is 6.95. The van der Waals surface area contributed by atoms with Crippen LogP contribution in [0.5, 0.6) is 0 Å². The molecule has 4 nitrogen and oxygen atoms in total. The highest BCUT2D eigenvalue weighted by Crippen LogP contribution is 2.43. The molecule has 1 saturated heterocycles. The maximum atomic E-state index is 6.40. The van der Waals surface area contributed by atoms with Crippen LogP contribution in [0, 0.1) is 0 Å². The predicted molar refractivity (Wildman–Crippen MR) is 128 cm³/mol. The van der Waals surface area contributed by atoms with Gasteiger partial charge in [-0.2, -0.15) is 0 Å². The van der Waals surface area contributed by atoms with Crippen molar-refractivity contribution in [2.24, 2.45) is 0 Å². The lowest BCUT2D eigenvalue weighted by Gasteiger charge is -2.36. The second kappa shape index (κ2) is 8.81. The summed E-state index contributed by atoms with van der Waals surface area (Å²) in [6.07, 6.45) is 7.88. The van der Waals surface area contributed by atoms with Gasteiger partial charge in [-0.25, -0.2) is 0 Å². The van der Waals surface area contributed by atoms with Crippen molar-refractivity contribution in [1.29, 1.82) is 0 Å². The molecule has 2 aliphatic rings. The summed E-state index contributed by atoms with van der Waals surface area (Å²) in [5, 5.41) is 5.34. The SMILES string of the molecule is S=C1N[C@H](c2ccccn2)[C@@H](c2ccc(-c3ccc(Cl)c(Cl)c3)o2)N1C1CCCCC1. The van der Waals surface area contributed by atoms with Gasteiger partial charge in [-0.1, -0.05) is 48.5 Å². The van der Waals surface area contributed by atoms with Crippen LogP contribution in [0.15, 0.2) is 59.1 Å². The third kappa shape index (κ3) is 4.07. The van der Waals surface area contributed by atoms with Gasteiger partial charge in [0.25, 0.3) is 0 Å². The molecule has 2 aromatic heterocycles. The largest absolute Gasteiger partial charge is 0.459 e. The van der Waals surface area contributed by atoms with Crippen molar-refractivity contribution in [3.8, 4) is 11.3 Å². The Kier molecular flexibility index (Phi) is 5.91. The first-order valence-electron chi connectivity index (χ1n) is 10.7. The summed E-state index contributed by atoms with van der Waals surface area (Å²) in [6, 6.07) is 15.9. The van der Waals surface area contributed by atoms with Crippen molar-refractivity contribution >= 4 is 40.5 Å². The molecule has 0 spiro atoms. The third-order valence-electron chi connectivity index (χ3n) is 6.23. The van der Waals surface area contributed by atoms with Crippen molar-refractivity contribution in [3.05, 3.63) is 76.2 Å². The van der Waals surface area contributed by atoms with Crippen LogP contribution >= 0.6 is 35.4 Å². The zero-order valence-electron chi connectivity index (χ0n) is 16.9. The van der Waals surface area contributed by atoms with Gasteiger partial charge in [0.05, 0.1) is 21.8 Å². The van der Waals surface area contributed by atoms with E-state index in [0.29, 0.717) is 16.1 Å². The molecule has 31 heavy (non-hydrogen) atoms. The Bertz CT molecular complexity index is 1080. The quantitative estimate of drug-likeness (QED) is 0.416. The Morgan fingerprint density at radius 2 is 1.84 bits per heavy atom. The molecule has 5 rings (SSSR count). The van der Waals surface area contributed by atoms with E-state index in [0.717, 1.165) is 40.7 Å². The van der Waals surface area contributed by atoms with Crippen molar-refractivity contribution < 1.29 is 4.42 Å². The second-order valence-corrected chi connectivity index (χ2v) is 9.36. The van der Waals surface area contributed by atoms with Gasteiger partial charge < -0.3 is 14.6 Å². The van der Waals surface area contributed by atoms with Gasteiger partial charge in [0.15, 0.2) is 5.11 Å². The van der Waals surface area contributed by atoms with E-state index in [1.807, 2.05) is 48.7 Å². The molecule has 2 atom stereocenters. The van der Waals surface area contributed by atoms with Gasteiger partial charge in [-0.05, 0) is 67.5 Å². The van der Waals surface area contributed by atoms with Gasteiger partial charge in [0.2, 0.25) is 0 Å². The van der Waals surface area contributed by atoms with Gasteiger partial charge >= 0.3 is 0 Å². The Hall–Kier alpha value is -2.08. The summed E-state index contributed by atoms with van der Waals surface area (Å²) in [6.45, 7) is 0. The molecule has 1 aliphatic carbocycles. The molecule has 0 bridgehead atoms. The second-order valence-electron chi connectivity index (χ2n) is 8.16. The first-order valence-corrected chi connectivity index (χ1v) is 11.8. The van der Waals surface area contributed by atoms with Gasteiger partial charge in [0, 0.05) is 17.8 Å². The van der Waals surface area contributed by atoms with Crippen LogP contribution in [-0.4, -0.2) is 21.0 Å². The Balaban J connectivity index is 1.54. The summed E-state index contributed by atoms with van der Waals surface area (Å²) in [7, 11) is 0. The monoisotopic (exact) mass is 471 g/mol. The minimum absolute atomic E-state index is 0.0537. The van der Waals surface area contributed by atoms with E-state index in [1.165, 1.54) is 19.3 Å². The lowest BCUT2D eigenvalue weighted by molar-refractivity contribution is 0.179. The van der Waals surface area contributed by atoms with E-state index >= 15 is 0 Å². The van der Waals surface area contributed by atoms with E-state index < -0.39 is 0 Å². The van der Waals surface area contributed by atoms with Crippen LogP contribution in [-0.2, 0) is 0 Å². The highest BCUT2D eigenvalue weighted by Gasteiger charge is 2.44. The molecule has 0 unspecified atom stereocenters. The average Bonchev–Trinajstić information content (AvgIpc) is 3.41. The van der Waals surface area contributed by atoms with Crippen LogP contribution in [0.25, 0.3) is 11.3 Å². The summed E-state index contributed by atoms with van der Waals surface area (Å²) in [5.74, 6) is 1.63. The fourth-order valence-corrected chi connectivity index (χ4v) is 5.43. The van der Waals surface area contributed by atoms with Gasteiger partial charge in [0.1, 0.15) is 17.6 Å². The normalized spacial score (nSPS) is 22.0. The van der Waals surface area contributed by atoms with Crippen LogP contribution in [0.1, 0.15) is 55.6 Å². The summed E-state index contributed by atoms with van der Waals surface area (Å²) < 4.78 is 6.40. The molecule has 1 N–H and O–H groups in total. The summed E-state index contributed by atoms with van der Waals surface area (Å²) >= 11 is 18.1. The van der Waals surface area contributed by atoms with E-state index in [1.54, 1.807) is 6.07 Å². The zero-order valence-corrected chi connectivity index (χ0v) is 19.3. The van der Waals surface area contributed by atoms with Crippen molar-refractivity contribution in [2.45, 2.75) is 50.2 Å². The number of benzene rings is 1. The molecule has 3 heterocycles. The maximum absolute atomic E-state index is 6.40. The standard InChI is InChI=1S/C24H23Cl2N3OS/c25-17-10-9-15(14-18(17)26)20-11-12-21(30-20)23-22(19-8-4-5-13-27-19)28-24(31)29(23)16-6-2-1-3-7-16/h4-5,8-14,16,22-23H,1-3,6-7H2,(H,28,31)/t22-,23-/m1/s1. The third-order valence-corrected chi connectivity index (χ3v) is 7.29. The fourth-order valence-electron chi connectivity index (χ4n) is 4.74. The molecule has 3 aromatic rings. The molecule has 0 radical (unpaired) electrons. The first kappa shape index (κ1) is 20.8. The number of thiocarbonyl (C=S) groups is 1. The summed E-state index contributed by atoms with van der Waals surface area (Å²) in [4.78, 5) is 6.97. The van der Waals surface area contributed by atoms with Crippen LogP contribution in [0.3, 0.4) is 0 Å². The van der Waals surface area contributed by atoms with Crippen molar-refractivity contribution in [1.82, 2.24) is 15.2 Å². The van der Waals surface area contributed by atoms with E-state index in [2.05, 4.69) is 15.2 Å². The average molecular weight is 472 g/mol. The minimum atomic E-state index is -0.0663. The fraction of sp³-hybridized carbons (Fsp3) is 0.333. The number of pyridine rings is 1. The van der Waals surface area contributed by atoms with E-state index in [-0.39, 0.29) is 12.1 Å². The number of nitrogens with one attached hydrogen (secondary N) is 1. The molecule has 7 heteroatoms. The van der Waals surface area contributed by atoms with E-state index in [4.69, 9.17) is 39.8 Å². The number of hydrogen-bond donors (Lipinski definition) is 1. The van der Waals surface area contributed by atoms with E-state index in [9.17, 15) is 0 Å². The minimum Gasteiger partial charge on any atom is -0.459 e. The topological polar surface area (TPSA) is 41.3 Å². The maximum Gasteiger partial charge on any atom is 0.170 e. The zero-order chi connectivity index (χ0) is 21.4. The van der Waals surface area contributed by atoms with Gasteiger partial charge in [-0.3, -0.25) is 4.98 Å². The molecule has 2 fully saturated rings. The highest BCUT2D eigenvalue weighted by atomic mass is 35.5. The number of halogens is 2. The molecule has 1 aromatic carbocycles. The Morgan fingerprint density at radius 3 is 2.58 bits per heavy atom. The molecular weight excluding hydrogens is 449 g/mol. The highest BCUT2D eigenvalue weighted by molar-refractivity contribution is 7.80. The lowest BCUT2D eigenvalue weighted by Crippen LogP contribution is -2.40. The molecule has 160 valence electrons. The van der Waals surface area contributed by atoms with Crippen LogP contribution < -0.4 is 5.32 Å². The Labute approximate surface area is 197 Å². The van der Waals surface area contributed by atoms with Gasteiger partial charge in [-0.15, -0.1) is 0 Å². The van der Waals surface area contributed by atoms with Crippen LogP contribution in [0.4, 0.5) is 0 Å². The smallest absolute Gasteiger partial charge is 0.170 e. The first-order chi connectivity index (χ1) is 15.1. The summed E-state index contributed by atoms with van der Waals surface area (Å²) in [5.41, 5.74) is 1.86. The van der Waals surface area contributed by atoms with Crippen molar-refractivity contribution in [3.63, 3.8) is 0 Å². The molecule has 1 saturated carbocycles. The number of hydrogen-bond acceptors (Lipinski definition) is 3. The number of aromatic nitrogens is 1. The number of rotatable bonds is 4. The Morgan fingerprint density at radius 1 is 1.00 bits per heavy atom. The molecule has 0 amide bonds. The number of nitrogens with zero attached hydrogens (tertiary/aromatic N) is 2. The molecule has 1 aliphatic heterocycles. The van der Waals surface area contributed by atoms with Crippen molar-refractivity contribution in [2.75, 3.05) is 0 Å².